The zero-order valence-corrected chi connectivity index (χ0v) is 14.4. The number of amides is 1. The third-order valence-electron chi connectivity index (χ3n) is 5.18. The molecule has 130 valence electrons. The molecule has 0 aliphatic carbocycles. The van der Waals surface area contributed by atoms with Crippen LogP contribution in [0.5, 0.6) is 11.5 Å². The van der Waals surface area contributed by atoms with Gasteiger partial charge < -0.3 is 14.4 Å². The number of anilines is 1. The van der Waals surface area contributed by atoms with Gasteiger partial charge >= 0.3 is 0 Å². The van der Waals surface area contributed by atoms with Crippen molar-refractivity contribution in [2.45, 2.75) is 25.0 Å². The summed E-state index contributed by atoms with van der Waals surface area (Å²) in [4.78, 5) is 20.6. The van der Waals surface area contributed by atoms with E-state index in [0.29, 0.717) is 5.82 Å². The van der Waals surface area contributed by atoms with E-state index in [4.69, 9.17) is 9.47 Å². The van der Waals surface area contributed by atoms with Gasteiger partial charge in [0.25, 0.3) is 5.91 Å². The van der Waals surface area contributed by atoms with Gasteiger partial charge in [0.15, 0.2) is 6.04 Å². The smallest absolute Gasteiger partial charge is 0.291 e. The van der Waals surface area contributed by atoms with Crippen LogP contribution in [0, 0.1) is 0 Å². The van der Waals surface area contributed by atoms with Crippen molar-refractivity contribution in [3.05, 3.63) is 48.2 Å². The summed E-state index contributed by atoms with van der Waals surface area (Å²) in [5.74, 6) is 2.34. The van der Waals surface area contributed by atoms with Crippen LogP contribution in [0.2, 0.25) is 0 Å². The Labute approximate surface area is 147 Å². The molecule has 1 N–H and O–H groups in total. The summed E-state index contributed by atoms with van der Waals surface area (Å²) in [5.41, 5.74) is 0.959. The molecular formula is C19H22N3O3+. The van der Waals surface area contributed by atoms with Crippen LogP contribution in [0.4, 0.5) is 5.82 Å². The van der Waals surface area contributed by atoms with Gasteiger partial charge in [-0.3, -0.25) is 4.79 Å². The van der Waals surface area contributed by atoms with Crippen LogP contribution in [0.1, 0.15) is 24.6 Å². The lowest BCUT2D eigenvalue weighted by molar-refractivity contribution is -0.924. The maximum atomic E-state index is 13.1. The van der Waals surface area contributed by atoms with E-state index in [1.807, 2.05) is 41.3 Å². The van der Waals surface area contributed by atoms with Crippen LogP contribution in [-0.2, 0) is 4.79 Å². The Hall–Kier alpha value is -2.60. The van der Waals surface area contributed by atoms with Crippen LogP contribution in [0.15, 0.2) is 42.6 Å². The number of hydrogen-bond acceptors (Lipinski definition) is 4. The van der Waals surface area contributed by atoms with Crippen molar-refractivity contribution in [3.8, 4) is 11.5 Å². The number of hydrogen-bond donors (Lipinski definition) is 1. The van der Waals surface area contributed by atoms with E-state index in [0.717, 1.165) is 36.4 Å². The Morgan fingerprint density at radius 2 is 2.08 bits per heavy atom. The lowest BCUT2D eigenvalue weighted by Gasteiger charge is -2.27. The van der Waals surface area contributed by atoms with Crippen molar-refractivity contribution < 1.29 is 19.2 Å². The molecule has 2 aromatic rings. The summed E-state index contributed by atoms with van der Waals surface area (Å²) >= 11 is 0. The normalized spacial score (nSPS) is 25.1. The quantitative estimate of drug-likeness (QED) is 0.908. The van der Waals surface area contributed by atoms with Gasteiger partial charge in [0.05, 0.1) is 26.3 Å². The number of methoxy groups -OCH3 is 2. The molecule has 2 aliphatic heterocycles. The van der Waals surface area contributed by atoms with Crippen molar-refractivity contribution in [1.82, 2.24) is 4.98 Å². The van der Waals surface area contributed by atoms with Crippen LogP contribution in [0.3, 0.4) is 0 Å². The number of ether oxygens (including phenoxy) is 2. The molecule has 0 radical (unpaired) electrons. The average Bonchev–Trinajstić information content (AvgIpc) is 3.24. The predicted octanol–water partition coefficient (Wildman–Crippen LogP) is 1.19. The molecule has 2 fully saturated rings. The molecule has 1 aromatic carbocycles. The van der Waals surface area contributed by atoms with Gasteiger partial charge in [-0.2, -0.15) is 0 Å². The molecule has 6 heteroatoms. The number of pyridine rings is 1. The van der Waals surface area contributed by atoms with E-state index < -0.39 is 0 Å². The molecule has 2 saturated heterocycles. The summed E-state index contributed by atoms with van der Waals surface area (Å²) in [5, 5.41) is 0. The molecule has 3 atom stereocenters. The SMILES string of the molecule is COc1ccc(OC)c(C2N(c3ccccn3)C(=O)C3CCC[NH+]32)c1. The minimum absolute atomic E-state index is 0.0112. The van der Waals surface area contributed by atoms with E-state index in [9.17, 15) is 4.79 Å². The third-order valence-corrected chi connectivity index (χ3v) is 5.18. The second kappa shape index (κ2) is 6.37. The van der Waals surface area contributed by atoms with Gasteiger partial charge in [-0.25, -0.2) is 9.88 Å². The number of aromatic nitrogens is 1. The van der Waals surface area contributed by atoms with E-state index in [1.165, 1.54) is 4.90 Å². The molecule has 0 bridgehead atoms. The molecule has 6 nitrogen and oxygen atoms in total. The number of carbonyl (C=O) groups is 1. The Kier molecular flexibility index (Phi) is 4.05. The van der Waals surface area contributed by atoms with E-state index in [1.54, 1.807) is 20.4 Å². The summed E-state index contributed by atoms with van der Waals surface area (Å²) in [6.07, 6.45) is 3.55. The third kappa shape index (κ3) is 2.53. The number of carbonyl (C=O) groups excluding carboxylic acids is 1. The lowest BCUT2D eigenvalue weighted by Crippen LogP contribution is -3.12. The topological polar surface area (TPSA) is 56.1 Å². The second-order valence-electron chi connectivity index (χ2n) is 6.43. The molecular weight excluding hydrogens is 318 g/mol. The Morgan fingerprint density at radius 1 is 1.20 bits per heavy atom. The van der Waals surface area contributed by atoms with Crippen molar-refractivity contribution in [2.24, 2.45) is 0 Å². The number of nitrogens with zero attached hydrogens (tertiary/aromatic N) is 2. The Balaban J connectivity index is 1.86. The first-order valence-corrected chi connectivity index (χ1v) is 8.56. The molecule has 0 spiro atoms. The molecule has 25 heavy (non-hydrogen) atoms. The minimum Gasteiger partial charge on any atom is -0.497 e. The number of rotatable bonds is 4. The predicted molar refractivity (Wildman–Crippen MR) is 92.9 cm³/mol. The molecule has 2 aliphatic rings. The standard InChI is InChI=1S/C19H21N3O3/c1-24-13-8-9-16(25-2)14(12-13)18-21-11-5-6-15(21)19(23)22(18)17-7-3-4-10-20-17/h3-4,7-10,12,15,18H,5-6,11H2,1-2H3/p+1. The van der Waals surface area contributed by atoms with Gasteiger partial charge in [0.1, 0.15) is 17.3 Å². The summed E-state index contributed by atoms with van der Waals surface area (Å²) in [6, 6.07) is 11.4. The average molecular weight is 340 g/mol. The highest BCUT2D eigenvalue weighted by atomic mass is 16.5. The molecule has 3 heterocycles. The maximum absolute atomic E-state index is 13.1. The molecule has 1 amide bonds. The molecule has 1 aromatic heterocycles. The largest absolute Gasteiger partial charge is 0.497 e. The van der Waals surface area contributed by atoms with Crippen LogP contribution >= 0.6 is 0 Å². The first-order valence-electron chi connectivity index (χ1n) is 8.56. The zero-order valence-electron chi connectivity index (χ0n) is 14.4. The Morgan fingerprint density at radius 3 is 2.80 bits per heavy atom. The fraction of sp³-hybridized carbons (Fsp3) is 0.368. The summed E-state index contributed by atoms with van der Waals surface area (Å²) < 4.78 is 11.0. The second-order valence-corrected chi connectivity index (χ2v) is 6.43. The fourth-order valence-electron chi connectivity index (χ4n) is 4.07. The van der Waals surface area contributed by atoms with Crippen LogP contribution in [0.25, 0.3) is 0 Å². The van der Waals surface area contributed by atoms with Crippen molar-refractivity contribution in [1.29, 1.82) is 0 Å². The number of quaternary nitrogens is 1. The highest BCUT2D eigenvalue weighted by Crippen LogP contribution is 2.35. The van der Waals surface area contributed by atoms with Gasteiger partial charge in [-0.05, 0) is 30.3 Å². The monoisotopic (exact) mass is 340 g/mol. The molecule has 0 saturated carbocycles. The van der Waals surface area contributed by atoms with Crippen LogP contribution < -0.4 is 19.3 Å². The highest BCUT2D eigenvalue weighted by Gasteiger charge is 2.54. The maximum Gasteiger partial charge on any atom is 0.291 e. The first kappa shape index (κ1) is 15.9. The summed E-state index contributed by atoms with van der Waals surface area (Å²) in [6.45, 7) is 0.963. The van der Waals surface area contributed by atoms with Crippen molar-refractivity contribution in [2.75, 3.05) is 25.7 Å². The minimum atomic E-state index is -0.153. The highest BCUT2D eigenvalue weighted by molar-refractivity contribution is 5.97. The van der Waals surface area contributed by atoms with Gasteiger partial charge in [-0.15, -0.1) is 0 Å². The number of benzene rings is 1. The molecule has 4 rings (SSSR count). The van der Waals surface area contributed by atoms with E-state index >= 15 is 0 Å². The summed E-state index contributed by atoms with van der Waals surface area (Å²) in [7, 11) is 3.30. The van der Waals surface area contributed by atoms with Crippen molar-refractivity contribution in [3.63, 3.8) is 0 Å². The Bertz CT molecular complexity index is 781. The van der Waals surface area contributed by atoms with Gasteiger partial charge in [0.2, 0.25) is 6.17 Å². The molecule has 3 unspecified atom stereocenters. The first-order chi connectivity index (χ1) is 12.2. The van der Waals surface area contributed by atoms with Crippen LogP contribution in [-0.4, -0.2) is 37.7 Å². The van der Waals surface area contributed by atoms with Crippen molar-refractivity contribution >= 4 is 11.7 Å². The van der Waals surface area contributed by atoms with Gasteiger partial charge in [0, 0.05) is 19.0 Å². The fourth-order valence-corrected chi connectivity index (χ4v) is 4.07. The van der Waals surface area contributed by atoms with Gasteiger partial charge in [-0.1, -0.05) is 6.07 Å². The lowest BCUT2D eigenvalue weighted by atomic mass is 10.1. The number of nitrogens with one attached hydrogen (secondary N) is 1. The van der Waals surface area contributed by atoms with E-state index in [2.05, 4.69) is 4.98 Å². The zero-order chi connectivity index (χ0) is 17.4. The van der Waals surface area contributed by atoms with E-state index in [-0.39, 0.29) is 18.1 Å². The number of fused-ring (bicyclic) bond motifs is 1.